The monoisotopic (exact) mass is 281 g/mol. The average molecular weight is 282 g/mol. The third kappa shape index (κ3) is 3.68. The van der Waals surface area contributed by atoms with Gasteiger partial charge in [-0.3, -0.25) is 0 Å². The Bertz CT molecular complexity index is 499. The largest absolute Gasteiger partial charge is 0.488 e. The summed E-state index contributed by atoms with van der Waals surface area (Å²) in [5.41, 5.74) is 1.27. The molecule has 0 amide bonds. The maximum absolute atomic E-state index is 11.2. The molecule has 0 aliphatic carbocycles. The molecule has 1 rings (SSSR count). The van der Waals surface area contributed by atoms with Crippen molar-refractivity contribution in [2.75, 3.05) is 6.61 Å². The Morgan fingerprint density at radius 1 is 1.44 bits per heavy atom. The fourth-order valence-electron chi connectivity index (χ4n) is 0.998. The molecule has 0 aliphatic rings. The Labute approximate surface area is 104 Å². The highest BCUT2D eigenvalue weighted by Gasteiger charge is 2.15. The SMILES string of the molecule is NS(=O)(=O)c1cc(Cl)ccc1OC/C=C/Cl. The van der Waals surface area contributed by atoms with Crippen LogP contribution in [0.25, 0.3) is 0 Å². The molecule has 7 heteroatoms. The Kier molecular flexibility index (Phi) is 4.61. The lowest BCUT2D eigenvalue weighted by atomic mass is 10.3. The Balaban J connectivity index is 3.08. The highest BCUT2D eigenvalue weighted by Crippen LogP contribution is 2.26. The van der Waals surface area contributed by atoms with Crippen LogP contribution in [-0.2, 0) is 10.0 Å². The molecule has 0 spiro atoms. The number of primary sulfonamides is 1. The predicted molar refractivity (Wildman–Crippen MR) is 63.3 cm³/mol. The van der Waals surface area contributed by atoms with Gasteiger partial charge < -0.3 is 4.74 Å². The van der Waals surface area contributed by atoms with Crippen molar-refractivity contribution in [3.63, 3.8) is 0 Å². The lowest BCUT2D eigenvalue weighted by Gasteiger charge is -2.08. The number of hydrogen-bond donors (Lipinski definition) is 1. The zero-order valence-electron chi connectivity index (χ0n) is 8.06. The van der Waals surface area contributed by atoms with Crippen molar-refractivity contribution in [3.05, 3.63) is 34.8 Å². The summed E-state index contributed by atoms with van der Waals surface area (Å²) in [7, 11) is -3.86. The highest BCUT2D eigenvalue weighted by atomic mass is 35.5. The number of rotatable bonds is 4. The molecular formula is C9H9Cl2NO3S. The Morgan fingerprint density at radius 3 is 2.69 bits per heavy atom. The highest BCUT2D eigenvalue weighted by molar-refractivity contribution is 7.89. The van der Waals surface area contributed by atoms with E-state index in [0.717, 1.165) is 0 Å². The van der Waals surface area contributed by atoms with E-state index in [2.05, 4.69) is 0 Å². The van der Waals surface area contributed by atoms with Gasteiger partial charge in [0, 0.05) is 10.6 Å². The summed E-state index contributed by atoms with van der Waals surface area (Å²) in [4.78, 5) is -0.150. The van der Waals surface area contributed by atoms with Crippen LogP contribution in [0.1, 0.15) is 0 Å². The van der Waals surface area contributed by atoms with Gasteiger partial charge in [0.2, 0.25) is 10.0 Å². The van der Waals surface area contributed by atoms with Crippen molar-refractivity contribution in [3.8, 4) is 5.75 Å². The van der Waals surface area contributed by atoms with Crippen LogP contribution in [0.5, 0.6) is 5.75 Å². The van der Waals surface area contributed by atoms with E-state index in [1.54, 1.807) is 0 Å². The zero-order chi connectivity index (χ0) is 12.2. The van der Waals surface area contributed by atoms with Crippen LogP contribution in [0.4, 0.5) is 0 Å². The number of hydrogen-bond acceptors (Lipinski definition) is 3. The first-order valence-corrected chi connectivity index (χ1v) is 6.51. The van der Waals surface area contributed by atoms with E-state index in [4.69, 9.17) is 33.1 Å². The van der Waals surface area contributed by atoms with Crippen molar-refractivity contribution >= 4 is 33.2 Å². The number of benzene rings is 1. The Hall–Kier alpha value is -0.750. The molecule has 16 heavy (non-hydrogen) atoms. The minimum Gasteiger partial charge on any atom is -0.488 e. The molecule has 1 aromatic carbocycles. The van der Waals surface area contributed by atoms with E-state index in [9.17, 15) is 8.42 Å². The second-order valence-electron chi connectivity index (χ2n) is 2.81. The van der Waals surface area contributed by atoms with Crippen molar-refractivity contribution in [2.45, 2.75) is 4.90 Å². The molecule has 4 nitrogen and oxygen atoms in total. The first kappa shape index (κ1) is 13.3. The second kappa shape index (κ2) is 5.54. The van der Waals surface area contributed by atoms with Crippen molar-refractivity contribution < 1.29 is 13.2 Å². The van der Waals surface area contributed by atoms with E-state index >= 15 is 0 Å². The molecule has 0 heterocycles. The fraction of sp³-hybridized carbons (Fsp3) is 0.111. The molecule has 0 unspecified atom stereocenters. The lowest BCUT2D eigenvalue weighted by molar-refractivity contribution is 0.353. The summed E-state index contributed by atoms with van der Waals surface area (Å²) in [6.07, 6.45) is 1.52. The van der Waals surface area contributed by atoms with Gasteiger partial charge in [-0.1, -0.05) is 23.2 Å². The normalized spacial score (nSPS) is 11.9. The standard InChI is InChI=1S/C9H9Cl2NO3S/c10-4-1-5-15-8-3-2-7(11)6-9(8)16(12,13)14/h1-4,6H,5H2,(H2,12,13,14)/b4-1+. The van der Waals surface area contributed by atoms with Crippen LogP contribution in [0, 0.1) is 0 Å². The van der Waals surface area contributed by atoms with Gasteiger partial charge in [-0.2, -0.15) is 0 Å². The van der Waals surface area contributed by atoms with Crippen LogP contribution in [0.15, 0.2) is 34.7 Å². The van der Waals surface area contributed by atoms with E-state index < -0.39 is 10.0 Å². The van der Waals surface area contributed by atoms with Gasteiger partial charge in [-0.15, -0.1) is 0 Å². The minimum absolute atomic E-state index is 0.140. The van der Waals surface area contributed by atoms with Gasteiger partial charge in [0.25, 0.3) is 0 Å². The lowest BCUT2D eigenvalue weighted by Crippen LogP contribution is -2.14. The molecule has 0 fully saturated rings. The fourth-order valence-corrected chi connectivity index (χ4v) is 2.01. The summed E-state index contributed by atoms with van der Waals surface area (Å²) in [6, 6.07) is 4.18. The van der Waals surface area contributed by atoms with E-state index in [0.29, 0.717) is 0 Å². The summed E-state index contributed by atoms with van der Waals surface area (Å²) in [5.74, 6) is 0.140. The summed E-state index contributed by atoms with van der Waals surface area (Å²) in [5, 5.41) is 5.29. The summed E-state index contributed by atoms with van der Waals surface area (Å²) >= 11 is 11.0. The van der Waals surface area contributed by atoms with Gasteiger partial charge in [0.15, 0.2) is 0 Å². The maximum atomic E-state index is 11.2. The molecule has 0 saturated heterocycles. The van der Waals surface area contributed by atoms with Crippen molar-refractivity contribution in [2.24, 2.45) is 5.14 Å². The molecule has 88 valence electrons. The molecule has 0 saturated carbocycles. The Morgan fingerprint density at radius 2 is 2.12 bits per heavy atom. The smallest absolute Gasteiger partial charge is 0.241 e. The predicted octanol–water partition coefficient (Wildman–Crippen LogP) is 2.12. The van der Waals surface area contributed by atoms with Crippen molar-refractivity contribution in [1.82, 2.24) is 0 Å². The molecule has 0 radical (unpaired) electrons. The first-order valence-electron chi connectivity index (χ1n) is 4.15. The third-order valence-electron chi connectivity index (χ3n) is 1.64. The van der Waals surface area contributed by atoms with Gasteiger partial charge in [-0.05, 0) is 24.3 Å². The molecule has 0 aliphatic heterocycles. The summed E-state index contributed by atoms with van der Waals surface area (Å²) < 4.78 is 27.6. The first-order chi connectivity index (χ1) is 7.45. The molecule has 2 N–H and O–H groups in total. The quantitative estimate of drug-likeness (QED) is 0.919. The van der Waals surface area contributed by atoms with Crippen LogP contribution in [0.3, 0.4) is 0 Å². The number of sulfonamides is 1. The average Bonchev–Trinajstić information content (AvgIpc) is 2.19. The molecule has 0 atom stereocenters. The molecule has 1 aromatic rings. The van der Waals surface area contributed by atoms with Gasteiger partial charge in [0.1, 0.15) is 17.3 Å². The second-order valence-corrected chi connectivity index (χ2v) is 5.03. The molecular weight excluding hydrogens is 273 g/mol. The van der Waals surface area contributed by atoms with Crippen LogP contribution < -0.4 is 9.88 Å². The van der Waals surface area contributed by atoms with E-state index in [1.807, 2.05) is 0 Å². The van der Waals surface area contributed by atoms with Crippen LogP contribution in [-0.4, -0.2) is 15.0 Å². The molecule has 0 aromatic heterocycles. The van der Waals surface area contributed by atoms with Crippen LogP contribution in [0.2, 0.25) is 5.02 Å². The van der Waals surface area contributed by atoms with Gasteiger partial charge in [0.05, 0.1) is 0 Å². The maximum Gasteiger partial charge on any atom is 0.241 e. The summed E-state index contributed by atoms with van der Waals surface area (Å²) in [6.45, 7) is 0.146. The number of nitrogens with two attached hydrogens (primary N) is 1. The molecule has 0 bridgehead atoms. The van der Waals surface area contributed by atoms with Gasteiger partial charge in [-0.25, -0.2) is 13.6 Å². The topological polar surface area (TPSA) is 69.4 Å². The van der Waals surface area contributed by atoms with E-state index in [-0.39, 0.29) is 22.3 Å². The van der Waals surface area contributed by atoms with Crippen molar-refractivity contribution in [1.29, 1.82) is 0 Å². The number of ether oxygens (including phenoxy) is 1. The number of halogens is 2. The third-order valence-corrected chi connectivity index (χ3v) is 2.98. The minimum atomic E-state index is -3.86. The van der Waals surface area contributed by atoms with Crippen LogP contribution >= 0.6 is 23.2 Å². The zero-order valence-corrected chi connectivity index (χ0v) is 10.4. The van der Waals surface area contributed by atoms with Gasteiger partial charge >= 0.3 is 0 Å². The van der Waals surface area contributed by atoms with E-state index in [1.165, 1.54) is 29.8 Å².